The van der Waals surface area contributed by atoms with Gasteiger partial charge in [-0.05, 0) is 31.2 Å². The largest absolute Gasteiger partial charge is 0.495 e. The Morgan fingerprint density at radius 1 is 1.07 bits per heavy atom. The molecule has 0 saturated heterocycles. The van der Waals surface area contributed by atoms with E-state index < -0.39 is 17.7 Å². The van der Waals surface area contributed by atoms with E-state index in [1.54, 1.807) is 0 Å². The summed E-state index contributed by atoms with van der Waals surface area (Å²) in [6.07, 6.45) is 0.544. The van der Waals surface area contributed by atoms with Crippen molar-refractivity contribution in [2.45, 2.75) is 19.8 Å². The fraction of sp³-hybridized carbons (Fsp3) is 0.174. The number of fused-ring (bicyclic) bond motifs is 1. The van der Waals surface area contributed by atoms with E-state index >= 15 is 0 Å². The van der Waals surface area contributed by atoms with Crippen LogP contribution in [0.1, 0.15) is 40.9 Å². The van der Waals surface area contributed by atoms with E-state index in [1.807, 2.05) is 0 Å². The first-order valence-corrected chi connectivity index (χ1v) is 9.03. The number of anilines is 1. The number of ether oxygens (including phenoxy) is 1. The van der Waals surface area contributed by atoms with Crippen LogP contribution in [-0.4, -0.2) is 24.7 Å². The number of hydrogen-bond donors (Lipinski definition) is 0. The second-order valence-corrected chi connectivity index (χ2v) is 6.76. The van der Waals surface area contributed by atoms with Crippen molar-refractivity contribution < 1.29 is 27.9 Å². The van der Waals surface area contributed by atoms with Crippen LogP contribution >= 0.6 is 0 Å². The summed E-state index contributed by atoms with van der Waals surface area (Å²) in [5, 5.41) is 0. The number of halogens is 2. The fourth-order valence-corrected chi connectivity index (χ4v) is 3.34. The van der Waals surface area contributed by atoms with Gasteiger partial charge in [-0.3, -0.25) is 14.4 Å². The lowest BCUT2D eigenvalue weighted by Crippen LogP contribution is -2.31. The van der Waals surface area contributed by atoms with Crippen LogP contribution in [0.3, 0.4) is 0 Å². The molecule has 0 bridgehead atoms. The number of allylic oxidation sites excluding steroid dienone is 1. The molecule has 1 aliphatic rings. The van der Waals surface area contributed by atoms with Crippen molar-refractivity contribution in [2.75, 3.05) is 12.0 Å². The molecule has 1 aliphatic heterocycles. The molecule has 154 valence electrons. The van der Waals surface area contributed by atoms with Gasteiger partial charge in [-0.2, -0.15) is 8.78 Å². The van der Waals surface area contributed by atoms with Crippen LogP contribution in [0, 0.1) is 0 Å². The van der Waals surface area contributed by atoms with Crippen LogP contribution in [0.15, 0.2) is 55.1 Å². The second-order valence-electron chi connectivity index (χ2n) is 6.76. The van der Waals surface area contributed by atoms with Gasteiger partial charge in [-0.1, -0.05) is 30.8 Å². The minimum absolute atomic E-state index is 0.0778. The Kier molecular flexibility index (Phi) is 5.39. The number of ketones is 1. The third-order valence-corrected chi connectivity index (χ3v) is 4.86. The highest BCUT2D eigenvalue weighted by Gasteiger charge is 2.38. The summed E-state index contributed by atoms with van der Waals surface area (Å²) in [7, 11) is 1.34. The summed E-state index contributed by atoms with van der Waals surface area (Å²) in [6, 6.07) is 9.81. The molecule has 0 radical (unpaired) electrons. The topological polar surface area (TPSA) is 63.7 Å². The minimum atomic E-state index is -3.20. The molecule has 7 heteroatoms. The van der Waals surface area contributed by atoms with Gasteiger partial charge in [0.15, 0.2) is 5.78 Å². The molecule has 30 heavy (non-hydrogen) atoms. The lowest BCUT2D eigenvalue weighted by Gasteiger charge is -2.14. The van der Waals surface area contributed by atoms with E-state index in [4.69, 9.17) is 4.74 Å². The summed E-state index contributed by atoms with van der Waals surface area (Å²) in [4.78, 5) is 38.0. The van der Waals surface area contributed by atoms with Crippen LogP contribution in [0.2, 0.25) is 0 Å². The zero-order valence-electron chi connectivity index (χ0n) is 16.7. The van der Waals surface area contributed by atoms with Crippen LogP contribution in [0.4, 0.5) is 14.5 Å². The van der Waals surface area contributed by atoms with Gasteiger partial charge in [0.25, 0.3) is 11.8 Å². The summed E-state index contributed by atoms with van der Waals surface area (Å²) in [5.74, 6) is -4.41. The predicted octanol–water partition coefficient (Wildman–Crippen LogP) is 4.57. The lowest BCUT2D eigenvalue weighted by molar-refractivity contribution is -0.122. The Labute approximate surface area is 172 Å². The van der Waals surface area contributed by atoms with E-state index in [1.165, 1.54) is 63.4 Å². The zero-order chi connectivity index (χ0) is 22.2. The molecule has 2 aromatic carbocycles. The van der Waals surface area contributed by atoms with Gasteiger partial charge in [-0.15, -0.1) is 0 Å². The molecule has 0 atom stereocenters. The Bertz CT molecular complexity index is 1100. The van der Waals surface area contributed by atoms with E-state index in [-0.39, 0.29) is 22.7 Å². The maximum Gasteiger partial charge on any atom is 0.291 e. The lowest BCUT2D eigenvalue weighted by atomic mass is 9.98. The molecule has 0 unspecified atom stereocenters. The molecular weight excluding hydrogens is 392 g/mol. The molecule has 5 nitrogen and oxygen atoms in total. The molecule has 0 aliphatic carbocycles. The van der Waals surface area contributed by atoms with Crippen molar-refractivity contribution in [3.8, 4) is 0 Å². The average Bonchev–Trinajstić information content (AvgIpc) is 3.00. The number of alkyl halides is 2. The van der Waals surface area contributed by atoms with E-state index in [0.29, 0.717) is 28.5 Å². The third kappa shape index (κ3) is 3.43. The van der Waals surface area contributed by atoms with Crippen molar-refractivity contribution in [3.63, 3.8) is 0 Å². The highest BCUT2D eigenvalue weighted by atomic mass is 19.3. The molecular formula is C23H19F2NO4. The first-order chi connectivity index (χ1) is 14.1. The number of carbonyl (C=O) groups is 3. The summed E-state index contributed by atoms with van der Waals surface area (Å²) < 4.78 is 33.1. The zero-order valence-corrected chi connectivity index (χ0v) is 16.7. The number of rotatable bonds is 5. The highest BCUT2D eigenvalue weighted by Crippen LogP contribution is 2.42. The molecule has 0 saturated carbocycles. The van der Waals surface area contributed by atoms with E-state index in [0.717, 1.165) is 4.90 Å². The van der Waals surface area contributed by atoms with Gasteiger partial charge in [0, 0.05) is 29.2 Å². The minimum Gasteiger partial charge on any atom is -0.495 e. The summed E-state index contributed by atoms with van der Waals surface area (Å²) >= 11 is 0. The van der Waals surface area contributed by atoms with E-state index in [2.05, 4.69) is 6.58 Å². The number of carbonyl (C=O) groups excluding carboxylic acids is 3. The number of amides is 2. The highest BCUT2D eigenvalue weighted by molar-refractivity contribution is 6.43. The van der Waals surface area contributed by atoms with Crippen molar-refractivity contribution in [1.82, 2.24) is 0 Å². The van der Waals surface area contributed by atoms with Crippen molar-refractivity contribution >= 4 is 34.6 Å². The summed E-state index contributed by atoms with van der Waals surface area (Å²) in [6.45, 7) is 5.78. The molecule has 0 fully saturated rings. The molecule has 0 spiro atoms. The average molecular weight is 411 g/mol. The number of imide groups is 1. The maximum atomic E-state index is 13.8. The van der Waals surface area contributed by atoms with Crippen LogP contribution in [0.5, 0.6) is 0 Å². The Balaban J connectivity index is 2.24. The van der Waals surface area contributed by atoms with Gasteiger partial charge < -0.3 is 4.74 Å². The standard InChI is InChI=1S/C23H19F2NO4/c1-5-23(24,25)17-9-6-15(7-10-17)21(30-4)20-18-12-16(13(2)27)8-11-19(18)26(14(3)28)22(20)29/h5-12H,1H2,2-4H3/b21-20-. The predicted molar refractivity (Wildman–Crippen MR) is 109 cm³/mol. The normalized spacial score (nSPS) is 15.0. The van der Waals surface area contributed by atoms with Gasteiger partial charge >= 0.3 is 0 Å². The SMILES string of the molecule is C=CC(F)(F)c1ccc(/C(OC)=C2/C(=O)N(C(C)=O)c3ccc(C(C)=O)cc32)cc1. The smallest absolute Gasteiger partial charge is 0.291 e. The van der Waals surface area contributed by atoms with Crippen molar-refractivity contribution in [2.24, 2.45) is 0 Å². The maximum absolute atomic E-state index is 13.8. The Morgan fingerprint density at radius 3 is 2.17 bits per heavy atom. The Morgan fingerprint density at radius 2 is 1.67 bits per heavy atom. The number of methoxy groups -OCH3 is 1. The van der Waals surface area contributed by atoms with E-state index in [9.17, 15) is 23.2 Å². The van der Waals surface area contributed by atoms with Gasteiger partial charge in [-0.25, -0.2) is 4.90 Å². The quantitative estimate of drug-likeness (QED) is 0.313. The summed E-state index contributed by atoms with van der Waals surface area (Å²) in [5.41, 5.74) is 1.24. The molecule has 0 N–H and O–H groups in total. The monoisotopic (exact) mass is 411 g/mol. The molecule has 2 aromatic rings. The van der Waals surface area contributed by atoms with Gasteiger partial charge in [0.05, 0.1) is 18.4 Å². The third-order valence-electron chi connectivity index (χ3n) is 4.86. The fourth-order valence-electron chi connectivity index (χ4n) is 3.34. The number of Topliss-reactive ketones (excluding diaryl/α,β-unsaturated/α-hetero) is 1. The molecule has 2 amide bonds. The number of hydrogen-bond acceptors (Lipinski definition) is 4. The number of benzene rings is 2. The van der Waals surface area contributed by atoms with Gasteiger partial charge in [0.2, 0.25) is 5.91 Å². The van der Waals surface area contributed by atoms with Gasteiger partial charge in [0.1, 0.15) is 5.76 Å². The van der Waals surface area contributed by atoms with Crippen molar-refractivity contribution in [3.05, 3.63) is 77.4 Å². The van der Waals surface area contributed by atoms with Crippen molar-refractivity contribution in [1.29, 1.82) is 0 Å². The molecule has 1 heterocycles. The first kappa shape index (κ1) is 21.1. The van der Waals surface area contributed by atoms with Crippen LogP contribution < -0.4 is 4.90 Å². The van der Waals surface area contributed by atoms with Crippen LogP contribution in [0.25, 0.3) is 11.3 Å². The molecule has 0 aromatic heterocycles. The number of nitrogens with zero attached hydrogens (tertiary/aromatic N) is 1. The van der Waals surface area contributed by atoms with Crippen LogP contribution in [-0.2, 0) is 20.2 Å². The second kappa shape index (κ2) is 7.67. The first-order valence-electron chi connectivity index (χ1n) is 9.03. The molecule has 3 rings (SSSR count). The Hall–Kier alpha value is -3.61.